The van der Waals surface area contributed by atoms with Gasteiger partial charge >= 0.3 is 5.97 Å². The average Bonchev–Trinajstić information content (AvgIpc) is 2.83. The van der Waals surface area contributed by atoms with Crippen LogP contribution in [-0.2, 0) is 4.79 Å². The maximum atomic E-state index is 12.5. The number of carbonyl (C=O) groups is 3. The SMILES string of the molecule is Cc1ccc(N2C(=O)S[C@@H](Nc3cccc(C(=O)O)c3)C2=O)cc1. The fourth-order valence-electron chi connectivity index (χ4n) is 2.32. The van der Waals surface area contributed by atoms with Crippen LogP contribution >= 0.6 is 11.8 Å². The number of benzene rings is 2. The van der Waals surface area contributed by atoms with Crippen molar-refractivity contribution in [3.05, 3.63) is 59.7 Å². The first-order valence-electron chi connectivity index (χ1n) is 7.17. The number of rotatable bonds is 4. The maximum Gasteiger partial charge on any atom is 0.335 e. The van der Waals surface area contributed by atoms with E-state index < -0.39 is 11.3 Å². The van der Waals surface area contributed by atoms with Crippen LogP contribution in [0.2, 0.25) is 0 Å². The lowest BCUT2D eigenvalue weighted by Crippen LogP contribution is -2.34. The Bertz CT molecular complexity index is 820. The van der Waals surface area contributed by atoms with E-state index in [9.17, 15) is 14.4 Å². The van der Waals surface area contributed by atoms with Crippen molar-refractivity contribution in [1.29, 1.82) is 0 Å². The molecule has 1 atom stereocenters. The van der Waals surface area contributed by atoms with Crippen LogP contribution in [0, 0.1) is 6.92 Å². The lowest BCUT2D eigenvalue weighted by Gasteiger charge is -2.15. The number of nitrogens with zero attached hydrogens (tertiary/aromatic N) is 1. The Hall–Kier alpha value is -2.80. The lowest BCUT2D eigenvalue weighted by atomic mass is 10.2. The number of aryl methyl sites for hydroxylation is 1. The third kappa shape index (κ3) is 3.11. The summed E-state index contributed by atoms with van der Waals surface area (Å²) in [6.07, 6.45) is 0. The molecule has 122 valence electrons. The van der Waals surface area contributed by atoms with Gasteiger partial charge in [-0.1, -0.05) is 23.8 Å². The molecule has 0 radical (unpaired) electrons. The highest BCUT2D eigenvalue weighted by atomic mass is 32.2. The summed E-state index contributed by atoms with van der Waals surface area (Å²) in [5.74, 6) is -1.43. The first-order chi connectivity index (χ1) is 11.5. The molecule has 0 unspecified atom stereocenters. The van der Waals surface area contributed by atoms with Crippen LogP contribution < -0.4 is 10.2 Å². The lowest BCUT2D eigenvalue weighted by molar-refractivity contribution is -0.116. The summed E-state index contributed by atoms with van der Waals surface area (Å²) in [6.45, 7) is 1.92. The summed E-state index contributed by atoms with van der Waals surface area (Å²) >= 11 is 0.869. The minimum absolute atomic E-state index is 0.108. The zero-order valence-corrected chi connectivity index (χ0v) is 13.5. The Morgan fingerprint density at radius 2 is 1.88 bits per heavy atom. The van der Waals surface area contributed by atoms with Gasteiger partial charge in [-0.3, -0.25) is 9.59 Å². The second kappa shape index (κ2) is 6.37. The molecule has 1 aliphatic rings. The molecule has 6 nitrogen and oxygen atoms in total. The van der Waals surface area contributed by atoms with Crippen molar-refractivity contribution < 1.29 is 19.5 Å². The van der Waals surface area contributed by atoms with E-state index >= 15 is 0 Å². The molecule has 24 heavy (non-hydrogen) atoms. The number of carboxylic acid groups (broad SMARTS) is 1. The van der Waals surface area contributed by atoms with E-state index in [1.165, 1.54) is 12.1 Å². The van der Waals surface area contributed by atoms with Gasteiger partial charge in [0.1, 0.15) is 0 Å². The molecule has 1 saturated heterocycles. The molecule has 0 aliphatic carbocycles. The molecule has 1 fully saturated rings. The number of nitrogens with one attached hydrogen (secondary N) is 1. The predicted molar refractivity (Wildman–Crippen MR) is 92.5 cm³/mol. The van der Waals surface area contributed by atoms with Gasteiger partial charge in [-0.15, -0.1) is 0 Å². The van der Waals surface area contributed by atoms with Gasteiger partial charge in [0, 0.05) is 5.69 Å². The van der Waals surface area contributed by atoms with E-state index in [0.717, 1.165) is 22.2 Å². The molecule has 2 aromatic carbocycles. The first-order valence-corrected chi connectivity index (χ1v) is 8.05. The standard InChI is InChI=1S/C17H14N2O4S/c1-10-5-7-13(8-6-10)19-15(20)14(24-17(19)23)18-12-4-2-3-11(9-12)16(21)22/h2-9,14,18H,1H3,(H,21,22)/t14-/m1/s1. The molecule has 0 spiro atoms. The number of carbonyl (C=O) groups excluding carboxylic acids is 2. The first kappa shape index (κ1) is 16.1. The van der Waals surface area contributed by atoms with E-state index in [1.807, 2.05) is 19.1 Å². The van der Waals surface area contributed by atoms with Crippen molar-refractivity contribution in [2.45, 2.75) is 12.3 Å². The second-order valence-electron chi connectivity index (χ2n) is 5.30. The molecule has 2 aromatic rings. The Labute approximate surface area is 142 Å². The third-order valence-corrected chi connectivity index (χ3v) is 4.48. The van der Waals surface area contributed by atoms with Gasteiger partial charge in [0.15, 0.2) is 5.37 Å². The predicted octanol–water partition coefficient (Wildman–Crippen LogP) is 3.33. The summed E-state index contributed by atoms with van der Waals surface area (Å²) in [4.78, 5) is 36.8. The van der Waals surface area contributed by atoms with E-state index in [4.69, 9.17) is 5.11 Å². The van der Waals surface area contributed by atoms with Crippen LogP contribution in [0.15, 0.2) is 48.5 Å². The van der Waals surface area contributed by atoms with Gasteiger partial charge in [-0.05, 0) is 49.0 Å². The fourth-order valence-corrected chi connectivity index (χ4v) is 3.23. The van der Waals surface area contributed by atoms with Crippen LogP contribution in [0.1, 0.15) is 15.9 Å². The Morgan fingerprint density at radius 3 is 2.54 bits per heavy atom. The molecular weight excluding hydrogens is 328 g/mol. The number of carboxylic acids is 1. The third-order valence-electron chi connectivity index (χ3n) is 3.55. The van der Waals surface area contributed by atoms with Gasteiger partial charge in [0.05, 0.1) is 11.3 Å². The van der Waals surface area contributed by atoms with Gasteiger partial charge in [-0.25, -0.2) is 9.69 Å². The molecule has 2 N–H and O–H groups in total. The minimum atomic E-state index is -1.05. The monoisotopic (exact) mass is 342 g/mol. The van der Waals surface area contributed by atoms with E-state index in [1.54, 1.807) is 24.3 Å². The molecular formula is C17H14N2O4S. The number of thioether (sulfide) groups is 1. The summed E-state index contributed by atoms with van der Waals surface area (Å²) in [5, 5.41) is 10.8. The van der Waals surface area contributed by atoms with Crippen LogP contribution in [0.25, 0.3) is 0 Å². The zero-order valence-electron chi connectivity index (χ0n) is 12.7. The number of hydrogen-bond acceptors (Lipinski definition) is 5. The molecule has 2 amide bonds. The minimum Gasteiger partial charge on any atom is -0.478 e. The number of imide groups is 1. The van der Waals surface area contributed by atoms with Gasteiger partial charge in [-0.2, -0.15) is 0 Å². The molecule has 7 heteroatoms. The largest absolute Gasteiger partial charge is 0.478 e. The van der Waals surface area contributed by atoms with E-state index in [2.05, 4.69) is 5.32 Å². The van der Waals surface area contributed by atoms with E-state index in [-0.39, 0.29) is 16.7 Å². The fraction of sp³-hybridized carbons (Fsp3) is 0.118. The van der Waals surface area contributed by atoms with Crippen LogP contribution in [0.4, 0.5) is 16.2 Å². The Kier molecular flexibility index (Phi) is 4.26. The highest BCUT2D eigenvalue weighted by Crippen LogP contribution is 2.32. The number of aromatic carboxylic acids is 1. The van der Waals surface area contributed by atoms with Crippen LogP contribution in [0.5, 0.6) is 0 Å². The maximum absolute atomic E-state index is 12.5. The van der Waals surface area contributed by atoms with Gasteiger partial charge in [0.2, 0.25) is 0 Å². The Balaban J connectivity index is 1.80. The average molecular weight is 342 g/mol. The van der Waals surface area contributed by atoms with Crippen molar-refractivity contribution in [2.24, 2.45) is 0 Å². The number of hydrogen-bond donors (Lipinski definition) is 2. The zero-order chi connectivity index (χ0) is 17.3. The highest BCUT2D eigenvalue weighted by Gasteiger charge is 2.40. The van der Waals surface area contributed by atoms with E-state index in [0.29, 0.717) is 11.4 Å². The quantitative estimate of drug-likeness (QED) is 0.886. The van der Waals surface area contributed by atoms with Gasteiger partial charge in [0.25, 0.3) is 11.1 Å². The normalized spacial score (nSPS) is 17.2. The molecule has 3 rings (SSSR count). The van der Waals surface area contributed by atoms with Crippen LogP contribution in [0.3, 0.4) is 0 Å². The van der Waals surface area contributed by atoms with Crippen LogP contribution in [-0.4, -0.2) is 27.6 Å². The topological polar surface area (TPSA) is 86.7 Å². The molecule has 1 heterocycles. The van der Waals surface area contributed by atoms with Crippen molar-refractivity contribution in [1.82, 2.24) is 0 Å². The molecule has 1 aliphatic heterocycles. The van der Waals surface area contributed by atoms with Crippen molar-refractivity contribution >= 4 is 40.3 Å². The smallest absolute Gasteiger partial charge is 0.335 e. The van der Waals surface area contributed by atoms with Crippen molar-refractivity contribution in [2.75, 3.05) is 10.2 Å². The van der Waals surface area contributed by atoms with Crippen molar-refractivity contribution in [3.8, 4) is 0 Å². The Morgan fingerprint density at radius 1 is 1.17 bits per heavy atom. The molecule has 0 aromatic heterocycles. The summed E-state index contributed by atoms with van der Waals surface area (Å²) < 4.78 is 0. The molecule has 0 bridgehead atoms. The number of anilines is 2. The highest BCUT2D eigenvalue weighted by molar-refractivity contribution is 8.16. The van der Waals surface area contributed by atoms with Crippen molar-refractivity contribution in [3.63, 3.8) is 0 Å². The second-order valence-corrected chi connectivity index (χ2v) is 6.36. The summed E-state index contributed by atoms with van der Waals surface area (Å²) in [5.41, 5.74) is 2.13. The summed E-state index contributed by atoms with van der Waals surface area (Å²) in [6, 6.07) is 13.2. The number of amides is 2. The van der Waals surface area contributed by atoms with Gasteiger partial charge < -0.3 is 10.4 Å². The summed E-state index contributed by atoms with van der Waals surface area (Å²) in [7, 11) is 0. The molecule has 0 saturated carbocycles.